The molecule has 2 atom stereocenters. The Kier molecular flexibility index (Phi) is 21.8. The summed E-state index contributed by atoms with van der Waals surface area (Å²) in [6.07, 6.45) is 18.6. The Balaban J connectivity index is 3.93. The second-order valence-corrected chi connectivity index (χ2v) is 11.8. The highest BCUT2D eigenvalue weighted by atomic mass is 31.2. The number of carbonyl (C=O) groups excluding carboxylic acids is 1. The third-order valence-corrected chi connectivity index (χ3v) is 6.59. The predicted octanol–water partition coefficient (Wildman–Crippen LogP) is 5.79. The summed E-state index contributed by atoms with van der Waals surface area (Å²) in [5.74, 6) is -0.426. The summed E-state index contributed by atoms with van der Waals surface area (Å²) in [7, 11) is 1.34. The van der Waals surface area contributed by atoms with Crippen molar-refractivity contribution < 1.29 is 37.3 Å². The SMILES string of the molecule is CCCCCC/C=C\CCCCCCCCOCC(COP(=O)([O-])OCC[N+](C)(C)C)OC(=O)CC. The smallest absolute Gasteiger partial charge is 0.305 e. The molecule has 0 bridgehead atoms. The molecule has 0 aromatic rings. The number of hydrogen-bond donors (Lipinski definition) is 0. The van der Waals surface area contributed by atoms with E-state index in [1.165, 1.54) is 64.2 Å². The molecule has 36 heavy (non-hydrogen) atoms. The van der Waals surface area contributed by atoms with Gasteiger partial charge in [0.2, 0.25) is 0 Å². The fourth-order valence-corrected chi connectivity index (χ4v) is 4.07. The molecule has 0 aliphatic carbocycles. The average Bonchev–Trinajstić information content (AvgIpc) is 2.81. The van der Waals surface area contributed by atoms with E-state index in [2.05, 4.69) is 19.1 Å². The number of unbranched alkanes of at least 4 members (excludes halogenated alkanes) is 10. The minimum atomic E-state index is -4.47. The van der Waals surface area contributed by atoms with Gasteiger partial charge in [0.05, 0.1) is 34.4 Å². The van der Waals surface area contributed by atoms with Crippen molar-refractivity contribution >= 4 is 13.8 Å². The third kappa shape index (κ3) is 24.9. The highest BCUT2D eigenvalue weighted by Gasteiger charge is 2.19. The van der Waals surface area contributed by atoms with Gasteiger partial charge in [-0.15, -0.1) is 0 Å². The van der Waals surface area contributed by atoms with Crippen LogP contribution in [-0.2, 0) is 27.9 Å². The molecule has 0 saturated carbocycles. The standard InChI is InChI=1S/C27H54NO7P/c1-6-8-9-10-11-12-13-14-15-16-17-18-19-20-22-32-24-26(35-27(29)7-2)25-34-36(30,31)33-23-21-28(3,4)5/h12-13,26H,6-11,14-25H2,1-5H3/b13-12-. The van der Waals surface area contributed by atoms with Crippen LogP contribution in [0.25, 0.3) is 0 Å². The van der Waals surface area contributed by atoms with Crippen LogP contribution >= 0.6 is 7.82 Å². The Morgan fingerprint density at radius 2 is 1.42 bits per heavy atom. The van der Waals surface area contributed by atoms with E-state index in [1.807, 2.05) is 21.1 Å². The maximum atomic E-state index is 12.0. The molecule has 9 heteroatoms. The lowest BCUT2D eigenvalue weighted by Gasteiger charge is -2.28. The maximum Gasteiger partial charge on any atom is 0.305 e. The predicted molar refractivity (Wildman–Crippen MR) is 144 cm³/mol. The first-order chi connectivity index (χ1) is 17.1. The van der Waals surface area contributed by atoms with E-state index in [1.54, 1.807) is 6.92 Å². The van der Waals surface area contributed by atoms with Gasteiger partial charge in [0.1, 0.15) is 19.3 Å². The Morgan fingerprint density at radius 3 is 2.00 bits per heavy atom. The minimum Gasteiger partial charge on any atom is -0.756 e. The summed E-state index contributed by atoms with van der Waals surface area (Å²) in [5.41, 5.74) is 0. The molecule has 0 spiro atoms. The number of hydrogen-bond acceptors (Lipinski definition) is 7. The van der Waals surface area contributed by atoms with Gasteiger partial charge in [0.25, 0.3) is 7.82 Å². The quantitative estimate of drug-likeness (QED) is 0.0480. The van der Waals surface area contributed by atoms with Crippen LogP contribution in [0.1, 0.15) is 97.3 Å². The van der Waals surface area contributed by atoms with Crippen LogP contribution in [-0.4, -0.2) is 70.7 Å². The van der Waals surface area contributed by atoms with E-state index >= 15 is 0 Å². The number of likely N-dealkylation sites (N-methyl/N-ethyl adjacent to an activating group) is 1. The zero-order valence-corrected chi connectivity index (χ0v) is 24.6. The molecule has 0 aliphatic rings. The molecule has 0 saturated heterocycles. The Morgan fingerprint density at radius 1 is 0.833 bits per heavy atom. The first-order valence-electron chi connectivity index (χ1n) is 13.9. The van der Waals surface area contributed by atoms with Gasteiger partial charge in [-0.1, -0.05) is 70.9 Å². The van der Waals surface area contributed by atoms with Gasteiger partial charge < -0.3 is 27.9 Å². The summed E-state index contributed by atoms with van der Waals surface area (Å²) < 4.78 is 33.3. The summed E-state index contributed by atoms with van der Waals surface area (Å²) in [4.78, 5) is 23.7. The van der Waals surface area contributed by atoms with Gasteiger partial charge in [0.15, 0.2) is 0 Å². The number of phosphoric ester groups is 1. The molecular formula is C27H54NO7P. The number of quaternary nitrogens is 1. The molecule has 0 rings (SSSR count). The van der Waals surface area contributed by atoms with E-state index in [0.29, 0.717) is 17.6 Å². The Labute approximate surface area is 220 Å². The second kappa shape index (κ2) is 22.2. The van der Waals surface area contributed by atoms with Crippen LogP contribution in [0.5, 0.6) is 0 Å². The Bertz CT molecular complexity index is 607. The normalized spacial score (nSPS) is 14.7. The number of ether oxygens (including phenoxy) is 2. The summed E-state index contributed by atoms with van der Waals surface area (Å²) in [5, 5.41) is 0. The van der Waals surface area contributed by atoms with Crippen LogP contribution in [0.3, 0.4) is 0 Å². The van der Waals surface area contributed by atoms with Crippen LogP contribution in [0.4, 0.5) is 0 Å². The van der Waals surface area contributed by atoms with E-state index in [0.717, 1.165) is 12.8 Å². The van der Waals surface area contributed by atoms with Gasteiger partial charge in [-0.25, -0.2) is 0 Å². The summed E-state index contributed by atoms with van der Waals surface area (Å²) in [6, 6.07) is 0. The van der Waals surface area contributed by atoms with Gasteiger partial charge >= 0.3 is 5.97 Å². The van der Waals surface area contributed by atoms with Gasteiger partial charge in [-0.2, -0.15) is 0 Å². The number of phosphoric acid groups is 1. The lowest BCUT2D eigenvalue weighted by Crippen LogP contribution is -2.37. The first kappa shape index (κ1) is 35.2. The van der Waals surface area contributed by atoms with Crippen molar-refractivity contribution in [3.63, 3.8) is 0 Å². The van der Waals surface area contributed by atoms with Gasteiger partial charge in [-0.05, 0) is 32.1 Å². The number of esters is 1. The number of rotatable bonds is 25. The molecule has 214 valence electrons. The van der Waals surface area contributed by atoms with Crippen molar-refractivity contribution in [2.45, 2.75) is 103 Å². The van der Waals surface area contributed by atoms with Crippen molar-refractivity contribution in [1.29, 1.82) is 0 Å². The first-order valence-corrected chi connectivity index (χ1v) is 15.4. The number of carbonyl (C=O) groups is 1. The molecule has 0 aromatic heterocycles. The van der Waals surface area contributed by atoms with Gasteiger partial charge in [0, 0.05) is 13.0 Å². The van der Waals surface area contributed by atoms with Crippen molar-refractivity contribution in [3.05, 3.63) is 12.2 Å². The van der Waals surface area contributed by atoms with E-state index < -0.39 is 19.9 Å². The topological polar surface area (TPSA) is 94.1 Å². The molecule has 8 nitrogen and oxygen atoms in total. The highest BCUT2D eigenvalue weighted by Crippen LogP contribution is 2.38. The van der Waals surface area contributed by atoms with Crippen molar-refractivity contribution in [2.75, 3.05) is 54.1 Å². The lowest BCUT2D eigenvalue weighted by atomic mass is 10.1. The second-order valence-electron chi connectivity index (χ2n) is 10.4. The molecule has 2 unspecified atom stereocenters. The van der Waals surface area contributed by atoms with Crippen molar-refractivity contribution in [3.8, 4) is 0 Å². The zero-order chi connectivity index (χ0) is 27.1. The highest BCUT2D eigenvalue weighted by molar-refractivity contribution is 7.45. The van der Waals surface area contributed by atoms with E-state index in [9.17, 15) is 14.3 Å². The summed E-state index contributed by atoms with van der Waals surface area (Å²) >= 11 is 0. The largest absolute Gasteiger partial charge is 0.756 e. The zero-order valence-electron chi connectivity index (χ0n) is 23.7. The van der Waals surface area contributed by atoms with Crippen LogP contribution in [0.15, 0.2) is 12.2 Å². The molecular weight excluding hydrogens is 481 g/mol. The molecule has 0 aliphatic heterocycles. The summed E-state index contributed by atoms with van der Waals surface area (Å²) in [6.45, 7) is 4.78. The molecule has 0 amide bonds. The fraction of sp³-hybridized carbons (Fsp3) is 0.889. The van der Waals surface area contributed by atoms with Crippen molar-refractivity contribution in [1.82, 2.24) is 0 Å². The molecule has 0 N–H and O–H groups in total. The van der Waals surface area contributed by atoms with Gasteiger partial charge in [-0.3, -0.25) is 9.36 Å². The molecule has 0 radical (unpaired) electrons. The van der Waals surface area contributed by atoms with E-state index in [-0.39, 0.29) is 26.2 Å². The molecule has 0 aromatic carbocycles. The van der Waals surface area contributed by atoms with E-state index in [4.69, 9.17) is 18.5 Å². The number of allylic oxidation sites excluding steroid dienone is 2. The number of nitrogens with zero attached hydrogens (tertiary/aromatic N) is 1. The maximum absolute atomic E-state index is 12.0. The fourth-order valence-electron chi connectivity index (χ4n) is 3.34. The minimum absolute atomic E-state index is 0.0238. The van der Waals surface area contributed by atoms with Crippen molar-refractivity contribution in [2.24, 2.45) is 0 Å². The third-order valence-electron chi connectivity index (χ3n) is 5.62. The Hall–Kier alpha value is -0.760. The van der Waals surface area contributed by atoms with Crippen LogP contribution in [0, 0.1) is 0 Å². The average molecular weight is 536 g/mol. The van der Waals surface area contributed by atoms with Crippen LogP contribution < -0.4 is 4.89 Å². The molecule has 0 heterocycles. The lowest BCUT2D eigenvalue weighted by molar-refractivity contribution is -0.870. The van der Waals surface area contributed by atoms with Crippen LogP contribution in [0.2, 0.25) is 0 Å². The monoisotopic (exact) mass is 535 g/mol. The molecule has 0 fully saturated rings.